The van der Waals surface area contributed by atoms with E-state index in [1.807, 2.05) is 24.8 Å². The minimum absolute atomic E-state index is 0.0291. The maximum absolute atomic E-state index is 11.6. The highest BCUT2D eigenvalue weighted by molar-refractivity contribution is 5.99. The fourth-order valence-corrected chi connectivity index (χ4v) is 1.88. The molecule has 0 saturated carbocycles. The molecule has 0 spiro atoms. The fourth-order valence-electron chi connectivity index (χ4n) is 1.88. The van der Waals surface area contributed by atoms with Crippen LogP contribution in [0.2, 0.25) is 0 Å². The number of nitrogens with zero attached hydrogens (tertiary/aromatic N) is 1. The Morgan fingerprint density at radius 1 is 1.32 bits per heavy atom. The van der Waals surface area contributed by atoms with E-state index in [0.29, 0.717) is 24.3 Å². The van der Waals surface area contributed by atoms with E-state index in [9.17, 15) is 9.59 Å². The minimum atomic E-state index is -0.0594. The van der Waals surface area contributed by atoms with E-state index in [2.05, 4.69) is 5.32 Å². The topological polar surface area (TPSA) is 75.4 Å². The quantitative estimate of drug-likeness (QED) is 0.601. The average Bonchev–Trinajstić information content (AvgIpc) is 2.35. The van der Waals surface area contributed by atoms with Crippen LogP contribution in [0.5, 0.6) is 0 Å². The number of hydrogen-bond acceptors (Lipinski definition) is 4. The maximum Gasteiger partial charge on any atom is 0.239 e. The lowest BCUT2D eigenvalue weighted by molar-refractivity contribution is -0.119. The number of nitrogens with one attached hydrogen (secondary N) is 1. The Hall–Kier alpha value is -2.04. The van der Waals surface area contributed by atoms with Crippen molar-refractivity contribution in [1.29, 1.82) is 0 Å². The molecule has 0 aliphatic rings. The zero-order valence-electron chi connectivity index (χ0n) is 11.7. The van der Waals surface area contributed by atoms with E-state index in [-0.39, 0.29) is 18.2 Å². The molecule has 1 aromatic carbocycles. The van der Waals surface area contributed by atoms with E-state index in [4.69, 9.17) is 5.73 Å². The van der Waals surface area contributed by atoms with E-state index >= 15 is 0 Å². The molecule has 5 nitrogen and oxygen atoms in total. The fraction of sp³-hybridized carbons (Fsp3) is 0.429. The van der Waals surface area contributed by atoms with E-state index < -0.39 is 0 Å². The molecule has 5 heteroatoms. The molecular formula is C14H21N3O2. The molecule has 0 unspecified atom stereocenters. The number of rotatable bonds is 6. The molecular weight excluding hydrogens is 242 g/mol. The Kier molecular flexibility index (Phi) is 5.36. The van der Waals surface area contributed by atoms with Gasteiger partial charge in [-0.2, -0.15) is 0 Å². The first-order valence-electron chi connectivity index (χ1n) is 6.41. The van der Waals surface area contributed by atoms with Gasteiger partial charge in [-0.3, -0.25) is 9.59 Å². The molecule has 19 heavy (non-hydrogen) atoms. The SMILES string of the molecule is CCNC(=O)CN(CC)c1ccc(C(C)=O)c(N)c1. The van der Waals surface area contributed by atoms with Crippen molar-refractivity contribution >= 4 is 23.1 Å². The number of ketones is 1. The van der Waals surface area contributed by atoms with Crippen molar-refractivity contribution in [2.24, 2.45) is 0 Å². The van der Waals surface area contributed by atoms with Crippen LogP contribution in [0.15, 0.2) is 18.2 Å². The number of nitrogens with two attached hydrogens (primary N) is 1. The van der Waals surface area contributed by atoms with Crippen molar-refractivity contribution in [3.63, 3.8) is 0 Å². The van der Waals surface area contributed by atoms with Crippen LogP contribution in [0.3, 0.4) is 0 Å². The lowest BCUT2D eigenvalue weighted by atomic mass is 10.1. The molecule has 0 aliphatic carbocycles. The normalized spacial score (nSPS) is 10.1. The highest BCUT2D eigenvalue weighted by Gasteiger charge is 2.12. The molecule has 3 N–H and O–H groups in total. The zero-order valence-corrected chi connectivity index (χ0v) is 11.7. The number of anilines is 2. The smallest absolute Gasteiger partial charge is 0.239 e. The predicted molar refractivity (Wildman–Crippen MR) is 77.4 cm³/mol. The van der Waals surface area contributed by atoms with Gasteiger partial charge in [0, 0.05) is 30.0 Å². The van der Waals surface area contributed by atoms with Crippen LogP contribution in [0, 0.1) is 0 Å². The number of Topliss-reactive ketones (excluding diaryl/α,β-unsaturated/α-hetero) is 1. The third-order valence-corrected chi connectivity index (χ3v) is 2.87. The summed E-state index contributed by atoms with van der Waals surface area (Å²) in [6.07, 6.45) is 0. The third kappa shape index (κ3) is 3.98. The van der Waals surface area contributed by atoms with Crippen LogP contribution in [0.1, 0.15) is 31.1 Å². The summed E-state index contributed by atoms with van der Waals surface area (Å²) in [6, 6.07) is 5.25. The largest absolute Gasteiger partial charge is 0.398 e. The predicted octanol–water partition coefficient (Wildman–Crippen LogP) is 1.43. The van der Waals surface area contributed by atoms with Crippen molar-refractivity contribution in [1.82, 2.24) is 5.32 Å². The standard InChI is InChI=1S/C14H21N3O2/c1-4-16-14(19)9-17(5-2)11-6-7-12(10(3)18)13(15)8-11/h6-8H,4-5,9,15H2,1-3H3,(H,16,19). The van der Waals surface area contributed by atoms with Crippen LogP contribution >= 0.6 is 0 Å². The molecule has 1 rings (SSSR count). The van der Waals surface area contributed by atoms with Crippen LogP contribution in [0.25, 0.3) is 0 Å². The highest BCUT2D eigenvalue weighted by atomic mass is 16.2. The molecule has 0 saturated heterocycles. The number of carbonyl (C=O) groups excluding carboxylic acids is 2. The summed E-state index contributed by atoms with van der Waals surface area (Å²) in [5.74, 6) is -0.0885. The first kappa shape index (κ1) is 15.0. The van der Waals surface area contributed by atoms with Gasteiger partial charge in [0.05, 0.1) is 6.54 Å². The van der Waals surface area contributed by atoms with Crippen molar-refractivity contribution in [2.45, 2.75) is 20.8 Å². The second-order valence-corrected chi connectivity index (χ2v) is 4.30. The molecule has 0 heterocycles. The number of likely N-dealkylation sites (N-methyl/N-ethyl adjacent to an activating group) is 2. The summed E-state index contributed by atoms with van der Waals surface area (Å²) >= 11 is 0. The molecule has 0 atom stereocenters. The lowest BCUT2D eigenvalue weighted by Gasteiger charge is -2.23. The Labute approximate surface area is 113 Å². The van der Waals surface area contributed by atoms with Crippen LogP contribution in [-0.4, -0.2) is 31.3 Å². The first-order valence-corrected chi connectivity index (χ1v) is 6.41. The zero-order chi connectivity index (χ0) is 14.4. The monoisotopic (exact) mass is 263 g/mol. The highest BCUT2D eigenvalue weighted by Crippen LogP contribution is 2.21. The number of hydrogen-bond donors (Lipinski definition) is 2. The lowest BCUT2D eigenvalue weighted by Crippen LogP contribution is -2.37. The van der Waals surface area contributed by atoms with Gasteiger partial charge in [-0.1, -0.05) is 0 Å². The van der Waals surface area contributed by atoms with E-state index in [1.165, 1.54) is 6.92 Å². The Morgan fingerprint density at radius 3 is 2.47 bits per heavy atom. The third-order valence-electron chi connectivity index (χ3n) is 2.87. The van der Waals surface area contributed by atoms with Gasteiger partial charge in [-0.25, -0.2) is 0 Å². The average molecular weight is 263 g/mol. The van der Waals surface area contributed by atoms with Gasteiger partial charge in [0.15, 0.2) is 5.78 Å². The first-order chi connectivity index (χ1) is 8.99. The van der Waals surface area contributed by atoms with Gasteiger partial charge in [-0.05, 0) is 39.0 Å². The van der Waals surface area contributed by atoms with Gasteiger partial charge in [0.25, 0.3) is 0 Å². The summed E-state index contributed by atoms with van der Waals surface area (Å²) in [5, 5.41) is 2.76. The molecule has 1 amide bonds. The summed E-state index contributed by atoms with van der Waals surface area (Å²) in [6.45, 7) is 6.92. The summed E-state index contributed by atoms with van der Waals surface area (Å²) in [4.78, 5) is 24.8. The summed E-state index contributed by atoms with van der Waals surface area (Å²) < 4.78 is 0. The van der Waals surface area contributed by atoms with E-state index in [0.717, 1.165) is 5.69 Å². The van der Waals surface area contributed by atoms with Gasteiger partial charge >= 0.3 is 0 Å². The number of amides is 1. The van der Waals surface area contributed by atoms with Crippen LogP contribution < -0.4 is 16.0 Å². The second-order valence-electron chi connectivity index (χ2n) is 4.30. The second kappa shape index (κ2) is 6.78. The minimum Gasteiger partial charge on any atom is -0.398 e. The molecule has 0 bridgehead atoms. The molecule has 0 fully saturated rings. The van der Waals surface area contributed by atoms with Crippen molar-refractivity contribution in [3.8, 4) is 0 Å². The molecule has 0 aliphatic heterocycles. The van der Waals surface area contributed by atoms with Crippen molar-refractivity contribution in [2.75, 3.05) is 30.3 Å². The maximum atomic E-state index is 11.6. The van der Waals surface area contributed by atoms with Crippen LogP contribution in [0.4, 0.5) is 11.4 Å². The van der Waals surface area contributed by atoms with Gasteiger partial charge in [0.2, 0.25) is 5.91 Å². The number of benzene rings is 1. The molecule has 0 radical (unpaired) electrons. The van der Waals surface area contributed by atoms with Gasteiger partial charge in [0.1, 0.15) is 0 Å². The number of carbonyl (C=O) groups is 2. The van der Waals surface area contributed by atoms with Gasteiger partial charge < -0.3 is 16.0 Å². The molecule has 0 aromatic heterocycles. The Balaban J connectivity index is 2.90. The Bertz CT molecular complexity index is 472. The van der Waals surface area contributed by atoms with E-state index in [1.54, 1.807) is 12.1 Å². The Morgan fingerprint density at radius 2 is 2.00 bits per heavy atom. The summed E-state index contributed by atoms with van der Waals surface area (Å²) in [7, 11) is 0. The summed E-state index contributed by atoms with van der Waals surface area (Å²) in [5.41, 5.74) is 7.66. The molecule has 1 aromatic rings. The van der Waals surface area contributed by atoms with Crippen molar-refractivity contribution < 1.29 is 9.59 Å². The van der Waals surface area contributed by atoms with Crippen LogP contribution in [-0.2, 0) is 4.79 Å². The molecule has 104 valence electrons. The number of nitrogen functional groups attached to an aromatic ring is 1. The van der Waals surface area contributed by atoms with Gasteiger partial charge in [-0.15, -0.1) is 0 Å². The van der Waals surface area contributed by atoms with Crippen molar-refractivity contribution in [3.05, 3.63) is 23.8 Å².